The summed E-state index contributed by atoms with van der Waals surface area (Å²) in [5, 5.41) is 10.7. The molecule has 0 spiro atoms. The molecule has 0 aromatic rings. The Morgan fingerprint density at radius 1 is 0.935 bits per heavy atom. The number of aliphatic hydroxyl groups excluding tert-OH is 1. The third-order valence-corrected chi connectivity index (χ3v) is 6.99. The lowest BCUT2D eigenvalue weighted by Crippen LogP contribution is -2.40. The monoisotopic (exact) mass is 440 g/mol. The van der Waals surface area contributed by atoms with Gasteiger partial charge in [0.05, 0.1) is 12.5 Å². The summed E-state index contributed by atoms with van der Waals surface area (Å²) >= 11 is 0. The van der Waals surface area contributed by atoms with Crippen molar-refractivity contribution in [2.24, 2.45) is 29.6 Å². The highest BCUT2D eigenvalue weighted by Crippen LogP contribution is 2.39. The van der Waals surface area contributed by atoms with Crippen molar-refractivity contribution < 1.29 is 19.4 Å². The lowest BCUT2D eigenvalue weighted by atomic mass is 9.72. The van der Waals surface area contributed by atoms with E-state index in [0.717, 1.165) is 56.8 Å². The molecule has 0 radical (unpaired) electrons. The van der Waals surface area contributed by atoms with E-state index >= 15 is 0 Å². The zero-order valence-corrected chi connectivity index (χ0v) is 21.2. The molecule has 1 rings (SSSR count). The number of ether oxygens (including phenoxy) is 2. The maximum absolute atomic E-state index is 12.7. The smallest absolute Gasteiger partial charge is 0.309 e. The van der Waals surface area contributed by atoms with E-state index in [1.165, 1.54) is 38.5 Å². The van der Waals surface area contributed by atoms with Crippen molar-refractivity contribution in [1.82, 2.24) is 0 Å². The first-order valence-electron chi connectivity index (χ1n) is 13.3. The first kappa shape index (κ1) is 28.4. The Morgan fingerprint density at radius 3 is 2.29 bits per heavy atom. The van der Waals surface area contributed by atoms with E-state index in [9.17, 15) is 9.90 Å². The van der Waals surface area contributed by atoms with E-state index in [4.69, 9.17) is 9.47 Å². The van der Waals surface area contributed by atoms with Crippen molar-refractivity contribution in [2.75, 3.05) is 13.2 Å². The predicted molar refractivity (Wildman–Crippen MR) is 129 cm³/mol. The molecule has 4 heteroatoms. The van der Waals surface area contributed by atoms with E-state index in [1.807, 2.05) is 0 Å². The zero-order valence-electron chi connectivity index (χ0n) is 21.2. The average Bonchev–Trinajstić information content (AvgIpc) is 2.73. The van der Waals surface area contributed by atoms with Crippen LogP contribution in [0.25, 0.3) is 0 Å². The fourth-order valence-corrected chi connectivity index (χ4v) is 4.84. The number of hydrogen-bond donors (Lipinski definition) is 1. The van der Waals surface area contributed by atoms with Gasteiger partial charge in [0.1, 0.15) is 0 Å². The Bertz CT molecular complexity index is 451. The molecule has 1 N–H and O–H groups in total. The second kappa shape index (κ2) is 16.9. The number of carbonyl (C=O) groups excluding carboxylic acids is 1. The van der Waals surface area contributed by atoms with Gasteiger partial charge in [-0.2, -0.15) is 0 Å². The molecule has 0 amide bonds. The Balaban J connectivity index is 2.51. The molecule has 0 aromatic heterocycles. The highest BCUT2D eigenvalue weighted by atomic mass is 16.6. The third-order valence-electron chi connectivity index (χ3n) is 6.99. The maximum atomic E-state index is 12.7. The van der Waals surface area contributed by atoms with Crippen LogP contribution in [0.3, 0.4) is 0 Å². The molecule has 4 nitrogen and oxygen atoms in total. The van der Waals surface area contributed by atoms with Crippen molar-refractivity contribution in [1.29, 1.82) is 0 Å². The number of aliphatic hydroxyl groups is 1. The SMILES string of the molecule is CCCCOC(=O)C1CCC(CCCC(C)CCCC(C)C)CC1C(O)OCCCC. The van der Waals surface area contributed by atoms with Gasteiger partial charge in [-0.1, -0.05) is 86.0 Å². The van der Waals surface area contributed by atoms with Crippen molar-refractivity contribution in [3.05, 3.63) is 0 Å². The van der Waals surface area contributed by atoms with Crippen molar-refractivity contribution in [3.8, 4) is 0 Å². The Labute approximate surface area is 192 Å². The molecule has 31 heavy (non-hydrogen) atoms. The second-order valence-corrected chi connectivity index (χ2v) is 10.4. The first-order chi connectivity index (χ1) is 14.9. The molecule has 5 unspecified atom stereocenters. The summed E-state index contributed by atoms with van der Waals surface area (Å²) in [6, 6.07) is 0. The van der Waals surface area contributed by atoms with Crippen LogP contribution in [0.2, 0.25) is 0 Å². The number of esters is 1. The molecular formula is C27H52O4. The molecule has 0 heterocycles. The van der Waals surface area contributed by atoms with Gasteiger partial charge in [-0.15, -0.1) is 0 Å². The van der Waals surface area contributed by atoms with Gasteiger partial charge in [-0.3, -0.25) is 4.79 Å². The van der Waals surface area contributed by atoms with Crippen LogP contribution in [0.4, 0.5) is 0 Å². The largest absolute Gasteiger partial charge is 0.465 e. The summed E-state index contributed by atoms with van der Waals surface area (Å²) in [6.45, 7) is 12.3. The molecule has 1 aliphatic rings. The van der Waals surface area contributed by atoms with Gasteiger partial charge in [0, 0.05) is 12.5 Å². The van der Waals surface area contributed by atoms with E-state index < -0.39 is 6.29 Å². The van der Waals surface area contributed by atoms with E-state index in [1.54, 1.807) is 0 Å². The van der Waals surface area contributed by atoms with Crippen molar-refractivity contribution in [3.63, 3.8) is 0 Å². The minimum Gasteiger partial charge on any atom is -0.465 e. The summed E-state index contributed by atoms with van der Waals surface area (Å²) in [7, 11) is 0. The van der Waals surface area contributed by atoms with E-state index in [0.29, 0.717) is 19.1 Å². The Morgan fingerprint density at radius 2 is 1.61 bits per heavy atom. The van der Waals surface area contributed by atoms with E-state index in [2.05, 4.69) is 34.6 Å². The van der Waals surface area contributed by atoms with Crippen LogP contribution in [0.1, 0.15) is 118 Å². The topological polar surface area (TPSA) is 55.8 Å². The quantitative estimate of drug-likeness (QED) is 0.148. The summed E-state index contributed by atoms with van der Waals surface area (Å²) < 4.78 is 11.3. The molecule has 5 atom stereocenters. The van der Waals surface area contributed by atoms with Gasteiger partial charge in [-0.25, -0.2) is 0 Å². The van der Waals surface area contributed by atoms with Gasteiger partial charge >= 0.3 is 5.97 Å². The lowest BCUT2D eigenvalue weighted by molar-refractivity contribution is -0.179. The van der Waals surface area contributed by atoms with Crippen LogP contribution >= 0.6 is 0 Å². The van der Waals surface area contributed by atoms with Crippen LogP contribution in [0, 0.1) is 29.6 Å². The fourth-order valence-electron chi connectivity index (χ4n) is 4.84. The van der Waals surface area contributed by atoms with Crippen molar-refractivity contribution >= 4 is 5.97 Å². The van der Waals surface area contributed by atoms with Crippen LogP contribution in [-0.4, -0.2) is 30.6 Å². The van der Waals surface area contributed by atoms with Gasteiger partial charge in [0.25, 0.3) is 0 Å². The fraction of sp³-hybridized carbons (Fsp3) is 0.963. The highest BCUT2D eigenvalue weighted by molar-refractivity contribution is 5.73. The number of hydrogen-bond acceptors (Lipinski definition) is 4. The summed E-state index contributed by atoms with van der Waals surface area (Å²) in [5.74, 6) is 1.69. The molecule has 1 fully saturated rings. The molecule has 0 bridgehead atoms. The van der Waals surface area contributed by atoms with Crippen molar-refractivity contribution in [2.45, 2.75) is 124 Å². The molecule has 0 aromatic carbocycles. The van der Waals surface area contributed by atoms with Crippen LogP contribution < -0.4 is 0 Å². The molecule has 0 aliphatic heterocycles. The number of rotatable bonds is 17. The van der Waals surface area contributed by atoms with Gasteiger partial charge in [0.2, 0.25) is 0 Å². The number of unbranched alkanes of at least 4 members (excludes halogenated alkanes) is 2. The lowest BCUT2D eigenvalue weighted by Gasteiger charge is -2.37. The summed E-state index contributed by atoms with van der Waals surface area (Å²) in [4.78, 5) is 12.7. The first-order valence-corrected chi connectivity index (χ1v) is 13.3. The second-order valence-electron chi connectivity index (χ2n) is 10.4. The minimum atomic E-state index is -0.854. The zero-order chi connectivity index (χ0) is 23.1. The van der Waals surface area contributed by atoms with Gasteiger partial charge in [-0.05, 0) is 49.9 Å². The summed E-state index contributed by atoms with van der Waals surface area (Å²) in [5.41, 5.74) is 0. The standard InChI is InChI=1S/C27H52O4/c1-6-8-18-30-26(28)24-17-16-23(20-25(24)27(29)31-19-9-7-2)15-11-14-22(5)13-10-12-21(3)4/h21-25,27,29H,6-20H2,1-5H3. The molecular weight excluding hydrogens is 388 g/mol. The average molecular weight is 441 g/mol. The maximum Gasteiger partial charge on any atom is 0.309 e. The highest BCUT2D eigenvalue weighted by Gasteiger charge is 2.40. The van der Waals surface area contributed by atoms with Crippen LogP contribution in [-0.2, 0) is 14.3 Å². The normalized spacial score (nSPS) is 23.6. The third kappa shape index (κ3) is 12.3. The number of carbonyl (C=O) groups is 1. The summed E-state index contributed by atoms with van der Waals surface area (Å²) in [6.07, 6.45) is 13.5. The molecule has 0 saturated heterocycles. The van der Waals surface area contributed by atoms with Gasteiger partial charge in [0.15, 0.2) is 6.29 Å². The predicted octanol–water partition coefficient (Wildman–Crippen LogP) is 7.13. The van der Waals surface area contributed by atoms with E-state index in [-0.39, 0.29) is 17.8 Å². The molecule has 1 saturated carbocycles. The molecule has 1 aliphatic carbocycles. The van der Waals surface area contributed by atoms with Crippen LogP contribution in [0.5, 0.6) is 0 Å². The van der Waals surface area contributed by atoms with Gasteiger partial charge < -0.3 is 14.6 Å². The minimum absolute atomic E-state index is 0.131. The Kier molecular flexibility index (Phi) is 15.5. The Hall–Kier alpha value is -0.610. The van der Waals surface area contributed by atoms with Crippen LogP contribution in [0.15, 0.2) is 0 Å². The molecule has 184 valence electrons.